The van der Waals surface area contributed by atoms with E-state index < -0.39 is 24.1 Å². The summed E-state index contributed by atoms with van der Waals surface area (Å²) in [5.41, 5.74) is 6.23. The zero-order valence-corrected chi connectivity index (χ0v) is 15.8. The number of rotatable bonds is 8. The minimum absolute atomic E-state index is 0.0508. The maximum atomic E-state index is 12.5. The van der Waals surface area contributed by atoms with Crippen LogP contribution in [0.2, 0.25) is 0 Å². The average Bonchev–Trinajstić information content (AvgIpc) is 3.05. The van der Waals surface area contributed by atoms with Gasteiger partial charge in [-0.1, -0.05) is 12.1 Å². The van der Waals surface area contributed by atoms with Gasteiger partial charge in [-0.15, -0.1) is 5.11 Å². The van der Waals surface area contributed by atoms with Gasteiger partial charge < -0.3 is 26.0 Å². The molecule has 0 spiro atoms. The van der Waals surface area contributed by atoms with Gasteiger partial charge >= 0.3 is 18.1 Å². The number of hydrogen-bond acceptors (Lipinski definition) is 8. The van der Waals surface area contributed by atoms with Crippen molar-refractivity contribution in [2.45, 2.75) is 25.4 Å². The number of benzene rings is 1. The number of esters is 1. The zero-order valence-electron chi connectivity index (χ0n) is 15.8. The van der Waals surface area contributed by atoms with Crippen LogP contribution in [0.4, 0.5) is 15.3 Å². The minimum Gasteiger partial charge on any atom is -0.469 e. The molecule has 4 amide bonds. The highest BCUT2D eigenvalue weighted by atomic mass is 16.7. The standard InChI is InChI=1S/C17H22N6O6/c1-28-14(24)6-8-19-17(27)21-13-7-9-23(15(13)25)12-4-2-11(3-5-12)10-20-22-29-16(18)26/h2-5,13H,6-10H2,1H3,(H2,18,26)(H2,19,21,27)/t13-/m0/s1. The van der Waals surface area contributed by atoms with Crippen molar-refractivity contribution in [2.24, 2.45) is 16.1 Å². The van der Waals surface area contributed by atoms with E-state index in [2.05, 4.69) is 30.6 Å². The summed E-state index contributed by atoms with van der Waals surface area (Å²) in [6, 6.07) is 5.84. The first-order valence-electron chi connectivity index (χ1n) is 8.75. The normalized spacial score (nSPS) is 16.0. The van der Waals surface area contributed by atoms with Crippen LogP contribution in [0.5, 0.6) is 0 Å². The third kappa shape index (κ3) is 6.75. The van der Waals surface area contributed by atoms with Crippen molar-refractivity contribution in [3.05, 3.63) is 29.8 Å². The van der Waals surface area contributed by atoms with Gasteiger partial charge in [-0.2, -0.15) is 0 Å². The monoisotopic (exact) mass is 406 g/mol. The van der Waals surface area contributed by atoms with E-state index in [1.165, 1.54) is 7.11 Å². The summed E-state index contributed by atoms with van der Waals surface area (Å²) < 4.78 is 4.48. The molecule has 0 bridgehead atoms. The fourth-order valence-corrected chi connectivity index (χ4v) is 2.62. The Bertz CT molecular complexity index is 781. The van der Waals surface area contributed by atoms with Crippen LogP contribution >= 0.6 is 0 Å². The Balaban J connectivity index is 1.82. The van der Waals surface area contributed by atoms with E-state index in [-0.39, 0.29) is 25.4 Å². The van der Waals surface area contributed by atoms with E-state index in [0.717, 1.165) is 5.56 Å². The quantitative estimate of drug-likeness (QED) is 0.325. The first kappa shape index (κ1) is 21.6. The molecule has 1 aromatic carbocycles. The van der Waals surface area contributed by atoms with Crippen LogP contribution in [-0.2, 0) is 25.7 Å². The van der Waals surface area contributed by atoms with Crippen LogP contribution in [0.25, 0.3) is 0 Å². The van der Waals surface area contributed by atoms with Crippen LogP contribution in [0.3, 0.4) is 0 Å². The first-order valence-corrected chi connectivity index (χ1v) is 8.75. The molecule has 4 N–H and O–H groups in total. The molecule has 0 aliphatic carbocycles. The van der Waals surface area contributed by atoms with Gasteiger partial charge in [0, 0.05) is 24.1 Å². The van der Waals surface area contributed by atoms with E-state index in [9.17, 15) is 19.2 Å². The lowest BCUT2D eigenvalue weighted by atomic mass is 10.2. The van der Waals surface area contributed by atoms with E-state index in [1.807, 2.05) is 0 Å². The SMILES string of the molecule is COC(=O)CCNC(=O)N[C@H]1CCN(c2ccc(CN=NOC(N)=O)cc2)C1=O. The number of primary amides is 1. The maximum absolute atomic E-state index is 12.5. The highest BCUT2D eigenvalue weighted by molar-refractivity contribution is 6.01. The molecule has 156 valence electrons. The second kappa shape index (κ2) is 10.6. The number of methoxy groups -OCH3 is 1. The van der Waals surface area contributed by atoms with Gasteiger partial charge in [0.2, 0.25) is 5.91 Å². The molecule has 0 radical (unpaired) electrons. The van der Waals surface area contributed by atoms with Crippen LogP contribution in [0.1, 0.15) is 18.4 Å². The van der Waals surface area contributed by atoms with Gasteiger partial charge in [0.1, 0.15) is 6.04 Å². The second-order valence-corrected chi connectivity index (χ2v) is 6.02. The number of urea groups is 1. The van der Waals surface area contributed by atoms with Crippen molar-refractivity contribution in [2.75, 3.05) is 25.1 Å². The number of amides is 4. The lowest BCUT2D eigenvalue weighted by Gasteiger charge is -2.17. The number of nitrogens with zero attached hydrogens (tertiary/aromatic N) is 3. The highest BCUT2D eigenvalue weighted by Crippen LogP contribution is 2.22. The van der Waals surface area contributed by atoms with E-state index in [1.54, 1.807) is 29.2 Å². The molecule has 1 atom stereocenters. The topological polar surface area (TPSA) is 165 Å². The van der Waals surface area contributed by atoms with Crippen LogP contribution < -0.4 is 21.3 Å². The Hall–Kier alpha value is -3.70. The summed E-state index contributed by atoms with van der Waals surface area (Å²) in [6.07, 6.45) is -0.532. The van der Waals surface area contributed by atoms with Gasteiger partial charge in [-0.05, 0) is 24.1 Å². The fraction of sp³-hybridized carbons (Fsp3) is 0.412. The average molecular weight is 406 g/mol. The van der Waals surface area contributed by atoms with Gasteiger partial charge in [0.15, 0.2) is 0 Å². The summed E-state index contributed by atoms with van der Waals surface area (Å²) in [5, 5.41) is 11.9. The Morgan fingerprint density at radius 3 is 2.66 bits per heavy atom. The molecule has 1 fully saturated rings. The molecular formula is C17H22N6O6. The largest absolute Gasteiger partial charge is 0.469 e. The fourth-order valence-electron chi connectivity index (χ4n) is 2.62. The highest BCUT2D eigenvalue weighted by Gasteiger charge is 2.33. The lowest BCUT2D eigenvalue weighted by molar-refractivity contribution is -0.140. The Labute approximate surface area is 166 Å². The summed E-state index contributed by atoms with van der Waals surface area (Å²) in [6.45, 7) is 0.751. The zero-order chi connectivity index (χ0) is 21.2. The van der Waals surface area contributed by atoms with Crippen LogP contribution in [0.15, 0.2) is 34.7 Å². The predicted molar refractivity (Wildman–Crippen MR) is 99.6 cm³/mol. The molecule has 0 aromatic heterocycles. The number of carbonyl (C=O) groups excluding carboxylic acids is 4. The molecule has 12 nitrogen and oxygen atoms in total. The molecule has 12 heteroatoms. The van der Waals surface area contributed by atoms with Crippen molar-refractivity contribution in [1.82, 2.24) is 10.6 Å². The van der Waals surface area contributed by atoms with Crippen molar-refractivity contribution < 1.29 is 28.8 Å². The number of anilines is 1. The Morgan fingerprint density at radius 2 is 2.00 bits per heavy atom. The summed E-state index contributed by atoms with van der Waals surface area (Å²) in [5.74, 6) is -0.658. The summed E-state index contributed by atoms with van der Waals surface area (Å²) >= 11 is 0. The van der Waals surface area contributed by atoms with Crippen molar-refractivity contribution >= 4 is 29.7 Å². The number of ether oxygens (including phenoxy) is 1. The second-order valence-electron chi connectivity index (χ2n) is 6.02. The summed E-state index contributed by atoms with van der Waals surface area (Å²) in [7, 11) is 1.27. The van der Waals surface area contributed by atoms with Gasteiger partial charge in [-0.25, -0.2) is 9.59 Å². The van der Waals surface area contributed by atoms with Crippen molar-refractivity contribution in [1.29, 1.82) is 0 Å². The van der Waals surface area contributed by atoms with Crippen LogP contribution in [-0.4, -0.2) is 50.2 Å². The molecule has 1 heterocycles. The van der Waals surface area contributed by atoms with Gasteiger partial charge in [0.05, 0.1) is 20.1 Å². The number of nitrogens with one attached hydrogen (secondary N) is 2. The Morgan fingerprint density at radius 1 is 1.28 bits per heavy atom. The number of nitrogens with two attached hydrogens (primary N) is 1. The maximum Gasteiger partial charge on any atom is 0.432 e. The smallest absolute Gasteiger partial charge is 0.432 e. The third-order valence-corrected chi connectivity index (χ3v) is 4.04. The van der Waals surface area contributed by atoms with E-state index >= 15 is 0 Å². The molecular weight excluding hydrogens is 384 g/mol. The van der Waals surface area contributed by atoms with Gasteiger partial charge in [-0.3, -0.25) is 14.4 Å². The van der Waals surface area contributed by atoms with E-state index in [0.29, 0.717) is 18.7 Å². The Kier molecular flexibility index (Phi) is 7.88. The summed E-state index contributed by atoms with van der Waals surface area (Å²) in [4.78, 5) is 51.5. The van der Waals surface area contributed by atoms with Crippen LogP contribution in [0, 0.1) is 0 Å². The molecule has 1 aromatic rings. The predicted octanol–water partition coefficient (Wildman–Crippen LogP) is 0.617. The molecule has 1 aliphatic rings. The minimum atomic E-state index is -1.04. The van der Waals surface area contributed by atoms with Crippen molar-refractivity contribution in [3.63, 3.8) is 0 Å². The molecule has 1 saturated heterocycles. The number of carbonyl (C=O) groups is 4. The molecule has 0 saturated carbocycles. The molecule has 0 unspecified atom stereocenters. The van der Waals surface area contributed by atoms with E-state index in [4.69, 9.17) is 5.73 Å². The third-order valence-electron chi connectivity index (χ3n) is 4.04. The molecule has 2 rings (SSSR count). The number of hydrogen-bond donors (Lipinski definition) is 3. The molecule has 29 heavy (non-hydrogen) atoms. The van der Waals surface area contributed by atoms with Crippen molar-refractivity contribution in [3.8, 4) is 0 Å². The first-order chi connectivity index (χ1) is 13.9. The van der Waals surface area contributed by atoms with Gasteiger partial charge in [0.25, 0.3) is 0 Å². The molecule has 1 aliphatic heterocycles. The lowest BCUT2D eigenvalue weighted by Crippen LogP contribution is -2.46.